The van der Waals surface area contributed by atoms with Crippen LogP contribution in [-0.4, -0.2) is 11.9 Å². The molecular weight excluding hydrogens is 312 g/mol. The highest BCUT2D eigenvalue weighted by atomic mass is 79.9. The summed E-state index contributed by atoms with van der Waals surface area (Å²) in [5, 5.41) is 2.90. The van der Waals surface area contributed by atoms with Crippen LogP contribution in [0.5, 0.6) is 0 Å². The van der Waals surface area contributed by atoms with E-state index in [9.17, 15) is 4.79 Å². The molecule has 0 bridgehead atoms. The molecule has 1 amide bonds. The lowest BCUT2D eigenvalue weighted by atomic mass is 9.87. The fraction of sp³-hybridized carbons (Fsp3) is 0.615. The van der Waals surface area contributed by atoms with Gasteiger partial charge in [0.25, 0.3) is 0 Å². The molecule has 0 saturated heterocycles. The van der Waals surface area contributed by atoms with E-state index in [-0.39, 0.29) is 17.4 Å². The minimum absolute atomic E-state index is 0.0243. The average Bonchev–Trinajstić information content (AvgIpc) is 2.58. The van der Waals surface area contributed by atoms with Gasteiger partial charge in [-0.05, 0) is 39.9 Å². The molecule has 1 aromatic heterocycles. The van der Waals surface area contributed by atoms with E-state index < -0.39 is 0 Å². The first-order valence-electron chi connectivity index (χ1n) is 6.03. The van der Waals surface area contributed by atoms with Gasteiger partial charge in [-0.25, -0.2) is 0 Å². The van der Waals surface area contributed by atoms with Crippen LogP contribution < -0.4 is 11.1 Å². The lowest BCUT2D eigenvalue weighted by Gasteiger charge is -2.22. The Kier molecular flexibility index (Phi) is 5.82. The van der Waals surface area contributed by atoms with Crippen molar-refractivity contribution in [1.82, 2.24) is 5.32 Å². The van der Waals surface area contributed by atoms with Crippen molar-refractivity contribution in [3.8, 4) is 0 Å². The predicted molar refractivity (Wildman–Crippen MR) is 80.5 cm³/mol. The zero-order valence-electron chi connectivity index (χ0n) is 11.1. The molecule has 0 saturated carbocycles. The first-order chi connectivity index (χ1) is 8.26. The topological polar surface area (TPSA) is 55.1 Å². The quantitative estimate of drug-likeness (QED) is 0.869. The van der Waals surface area contributed by atoms with Crippen molar-refractivity contribution < 1.29 is 4.79 Å². The molecule has 3 nitrogen and oxygen atoms in total. The summed E-state index contributed by atoms with van der Waals surface area (Å²) in [5.41, 5.74) is 6.13. The van der Waals surface area contributed by atoms with Gasteiger partial charge in [0.2, 0.25) is 5.91 Å². The maximum Gasteiger partial charge on any atom is 0.221 e. The zero-order valence-corrected chi connectivity index (χ0v) is 13.5. The van der Waals surface area contributed by atoms with E-state index in [0.717, 1.165) is 15.1 Å². The molecule has 18 heavy (non-hydrogen) atoms. The van der Waals surface area contributed by atoms with Crippen molar-refractivity contribution in [2.24, 2.45) is 11.1 Å². The van der Waals surface area contributed by atoms with Crippen LogP contribution in [0.2, 0.25) is 0 Å². The fourth-order valence-electron chi connectivity index (χ4n) is 1.80. The van der Waals surface area contributed by atoms with E-state index in [4.69, 9.17) is 5.73 Å². The second-order valence-corrected chi connectivity index (χ2v) is 8.26. The number of rotatable bonds is 5. The summed E-state index contributed by atoms with van der Waals surface area (Å²) in [4.78, 5) is 12.9. The highest BCUT2D eigenvalue weighted by Gasteiger charge is 2.18. The van der Waals surface area contributed by atoms with Crippen molar-refractivity contribution >= 4 is 33.2 Å². The second kappa shape index (κ2) is 6.68. The molecular formula is C13H21BrN2OS. The van der Waals surface area contributed by atoms with E-state index in [1.165, 1.54) is 0 Å². The Labute approximate surface area is 121 Å². The van der Waals surface area contributed by atoms with E-state index in [2.05, 4.69) is 42.0 Å². The van der Waals surface area contributed by atoms with Crippen LogP contribution in [0, 0.1) is 5.41 Å². The summed E-state index contributed by atoms with van der Waals surface area (Å²) in [6.45, 7) is 6.98. The van der Waals surface area contributed by atoms with Gasteiger partial charge in [-0.3, -0.25) is 4.79 Å². The van der Waals surface area contributed by atoms with Crippen LogP contribution in [0.15, 0.2) is 15.9 Å². The maximum absolute atomic E-state index is 11.7. The van der Waals surface area contributed by atoms with Crippen molar-refractivity contribution in [2.75, 3.05) is 0 Å². The Morgan fingerprint density at radius 2 is 2.17 bits per heavy atom. The Hall–Kier alpha value is -0.390. The van der Waals surface area contributed by atoms with Gasteiger partial charge >= 0.3 is 0 Å². The number of amides is 1. The summed E-state index contributed by atoms with van der Waals surface area (Å²) in [6.07, 6.45) is 1.24. The lowest BCUT2D eigenvalue weighted by Crippen LogP contribution is -2.33. The summed E-state index contributed by atoms with van der Waals surface area (Å²) < 4.78 is 1.08. The number of nitrogens with one attached hydrogen (secondary N) is 1. The van der Waals surface area contributed by atoms with Crippen molar-refractivity contribution in [1.29, 1.82) is 0 Å². The highest BCUT2D eigenvalue weighted by molar-refractivity contribution is 9.11. The van der Waals surface area contributed by atoms with Crippen LogP contribution in [0.25, 0.3) is 0 Å². The Balaban J connectivity index is 2.29. The molecule has 0 aliphatic carbocycles. The second-order valence-electron chi connectivity index (χ2n) is 5.71. The van der Waals surface area contributed by atoms with Gasteiger partial charge in [0.1, 0.15) is 0 Å². The van der Waals surface area contributed by atoms with Crippen molar-refractivity contribution in [3.05, 3.63) is 20.8 Å². The number of thiophene rings is 1. The summed E-state index contributed by atoms with van der Waals surface area (Å²) in [5.74, 6) is 0.0243. The van der Waals surface area contributed by atoms with E-state index in [1.807, 2.05) is 12.1 Å². The molecule has 0 radical (unpaired) electrons. The van der Waals surface area contributed by atoms with Gasteiger partial charge in [-0.15, -0.1) is 11.3 Å². The molecule has 1 unspecified atom stereocenters. The van der Waals surface area contributed by atoms with Crippen LogP contribution in [0.3, 0.4) is 0 Å². The van der Waals surface area contributed by atoms with Gasteiger partial charge in [-0.1, -0.05) is 20.8 Å². The van der Waals surface area contributed by atoms with Gasteiger partial charge < -0.3 is 11.1 Å². The van der Waals surface area contributed by atoms with E-state index in [1.54, 1.807) is 11.3 Å². The Bertz CT molecular complexity index is 398. The third-order valence-corrected chi connectivity index (χ3v) is 4.03. The van der Waals surface area contributed by atoms with Gasteiger partial charge in [0.05, 0.1) is 10.3 Å². The molecule has 3 N–H and O–H groups in total. The largest absolute Gasteiger partial charge is 0.351 e. The summed E-state index contributed by atoms with van der Waals surface area (Å²) in [6, 6.07) is 3.92. The average molecular weight is 333 g/mol. The molecule has 5 heteroatoms. The number of nitrogens with two attached hydrogens (primary N) is 1. The van der Waals surface area contributed by atoms with Crippen molar-refractivity contribution in [3.63, 3.8) is 0 Å². The number of carbonyl (C=O) groups excluding carboxylic acids is 1. The third-order valence-electron chi connectivity index (χ3n) is 2.41. The summed E-state index contributed by atoms with van der Waals surface area (Å²) >= 11 is 5.03. The lowest BCUT2D eigenvalue weighted by molar-refractivity contribution is -0.121. The molecule has 102 valence electrons. The minimum Gasteiger partial charge on any atom is -0.351 e. The molecule has 1 rings (SSSR count). The first kappa shape index (κ1) is 15.7. The minimum atomic E-state index is -0.0694. The standard InChI is InChI=1S/C13H21BrN2OS/c1-13(2,3)7-9(15)6-12(17)16-8-10-4-5-11(14)18-10/h4-5,9H,6-8,15H2,1-3H3,(H,16,17). The van der Waals surface area contributed by atoms with Gasteiger partial charge in [0.15, 0.2) is 0 Å². The number of hydrogen-bond donors (Lipinski definition) is 2. The highest BCUT2D eigenvalue weighted by Crippen LogP contribution is 2.22. The van der Waals surface area contributed by atoms with E-state index in [0.29, 0.717) is 13.0 Å². The molecule has 1 heterocycles. The van der Waals surface area contributed by atoms with Gasteiger partial charge in [-0.2, -0.15) is 0 Å². The number of halogens is 1. The monoisotopic (exact) mass is 332 g/mol. The molecule has 0 aliphatic heterocycles. The predicted octanol–water partition coefficient (Wildman–Crippen LogP) is 3.28. The smallest absolute Gasteiger partial charge is 0.221 e. The van der Waals surface area contributed by atoms with Crippen LogP contribution >= 0.6 is 27.3 Å². The number of carbonyl (C=O) groups is 1. The SMILES string of the molecule is CC(C)(C)CC(N)CC(=O)NCc1ccc(Br)s1. The molecule has 1 aromatic rings. The first-order valence-corrected chi connectivity index (χ1v) is 7.64. The molecule has 1 atom stereocenters. The molecule has 0 aliphatic rings. The van der Waals surface area contributed by atoms with Crippen molar-refractivity contribution in [2.45, 2.75) is 46.2 Å². The Morgan fingerprint density at radius 3 is 2.67 bits per heavy atom. The molecule has 0 fully saturated rings. The Morgan fingerprint density at radius 1 is 1.50 bits per heavy atom. The van der Waals surface area contributed by atoms with Gasteiger partial charge in [0, 0.05) is 17.3 Å². The number of hydrogen-bond acceptors (Lipinski definition) is 3. The third kappa shape index (κ3) is 6.52. The maximum atomic E-state index is 11.7. The van der Waals surface area contributed by atoms with Crippen LogP contribution in [0.4, 0.5) is 0 Å². The molecule has 0 aromatic carbocycles. The van der Waals surface area contributed by atoms with Crippen LogP contribution in [0.1, 0.15) is 38.5 Å². The fourth-order valence-corrected chi connectivity index (χ4v) is 3.22. The zero-order chi connectivity index (χ0) is 13.8. The molecule has 0 spiro atoms. The van der Waals surface area contributed by atoms with E-state index >= 15 is 0 Å². The normalized spacial score (nSPS) is 13.4. The summed E-state index contributed by atoms with van der Waals surface area (Å²) in [7, 11) is 0. The van der Waals surface area contributed by atoms with Crippen LogP contribution in [-0.2, 0) is 11.3 Å².